The summed E-state index contributed by atoms with van der Waals surface area (Å²) < 4.78 is 0. The van der Waals surface area contributed by atoms with Gasteiger partial charge >= 0.3 is 0 Å². The molecule has 144 valence electrons. The van der Waals surface area contributed by atoms with Gasteiger partial charge in [-0.2, -0.15) is 29.9 Å². The van der Waals surface area contributed by atoms with Gasteiger partial charge in [0.25, 0.3) is 0 Å². The zero-order chi connectivity index (χ0) is 19.4. The SMILES string of the molecule is Nc1nc(N)nc(CCC2(CCc3nc(N)nc(N)n3)CCC(=O)CC2)n1. The number of anilines is 4. The highest BCUT2D eigenvalue weighted by atomic mass is 16.1. The minimum atomic E-state index is -0.0415. The second-order valence-corrected chi connectivity index (χ2v) is 6.97. The van der Waals surface area contributed by atoms with Gasteiger partial charge in [-0.25, -0.2) is 0 Å². The van der Waals surface area contributed by atoms with Crippen LogP contribution in [0.25, 0.3) is 0 Å². The predicted molar refractivity (Wildman–Crippen MR) is 99.9 cm³/mol. The Morgan fingerprint density at radius 3 is 1.41 bits per heavy atom. The molecule has 1 aliphatic rings. The normalized spacial score (nSPS) is 16.4. The van der Waals surface area contributed by atoms with Gasteiger partial charge in [-0.1, -0.05) is 0 Å². The van der Waals surface area contributed by atoms with Crippen molar-refractivity contribution in [2.24, 2.45) is 5.41 Å². The highest BCUT2D eigenvalue weighted by Crippen LogP contribution is 2.42. The first kappa shape index (κ1) is 18.7. The van der Waals surface area contributed by atoms with Gasteiger partial charge in [-0.3, -0.25) is 4.79 Å². The fraction of sp³-hybridized carbons (Fsp3) is 0.562. The number of ketones is 1. The summed E-state index contributed by atoms with van der Waals surface area (Å²) in [4.78, 5) is 35.9. The lowest BCUT2D eigenvalue weighted by molar-refractivity contribution is -0.122. The van der Waals surface area contributed by atoms with Crippen LogP contribution in [0.2, 0.25) is 0 Å². The maximum absolute atomic E-state index is 11.7. The van der Waals surface area contributed by atoms with E-state index in [4.69, 9.17) is 22.9 Å². The lowest BCUT2D eigenvalue weighted by Crippen LogP contribution is -2.29. The van der Waals surface area contributed by atoms with Crippen LogP contribution in [-0.2, 0) is 17.6 Å². The molecule has 0 spiro atoms. The van der Waals surface area contributed by atoms with Gasteiger partial charge in [0, 0.05) is 25.7 Å². The van der Waals surface area contributed by atoms with Gasteiger partial charge in [0.05, 0.1) is 0 Å². The summed E-state index contributed by atoms with van der Waals surface area (Å²) in [5, 5.41) is 0. The van der Waals surface area contributed by atoms with E-state index in [1.807, 2.05) is 0 Å². The van der Waals surface area contributed by atoms with Crippen molar-refractivity contribution in [3.8, 4) is 0 Å². The van der Waals surface area contributed by atoms with E-state index < -0.39 is 0 Å². The molecule has 1 aliphatic carbocycles. The summed E-state index contributed by atoms with van der Waals surface area (Å²) in [6, 6.07) is 0. The molecule has 1 saturated carbocycles. The van der Waals surface area contributed by atoms with Crippen LogP contribution in [0.1, 0.15) is 50.2 Å². The van der Waals surface area contributed by atoms with Crippen molar-refractivity contribution >= 4 is 29.6 Å². The van der Waals surface area contributed by atoms with Crippen molar-refractivity contribution in [2.75, 3.05) is 22.9 Å². The number of nitrogens with two attached hydrogens (primary N) is 4. The zero-order valence-corrected chi connectivity index (χ0v) is 15.1. The highest BCUT2D eigenvalue weighted by Gasteiger charge is 2.34. The monoisotopic (exact) mass is 372 g/mol. The van der Waals surface area contributed by atoms with Crippen LogP contribution >= 0.6 is 0 Å². The summed E-state index contributed by atoms with van der Waals surface area (Å²) in [6.45, 7) is 0. The largest absolute Gasteiger partial charge is 0.368 e. The number of Topliss-reactive ketones (excluding diaryl/α,β-unsaturated/α-hetero) is 1. The molecule has 11 nitrogen and oxygen atoms in total. The number of aromatic nitrogens is 6. The van der Waals surface area contributed by atoms with E-state index in [9.17, 15) is 4.79 Å². The molecule has 3 rings (SSSR count). The standard InChI is InChI=1S/C16H24N10O/c17-12-21-10(22-13(18)25-12)3-7-16(5-1-9(27)2-6-16)8-4-11-23-14(19)26-15(20)24-11/h1-8H2,(H4,17,18,21,22,25)(H4,19,20,23,24,26). The number of hydrogen-bond acceptors (Lipinski definition) is 11. The molecule has 1 fully saturated rings. The predicted octanol–water partition coefficient (Wildman–Crippen LogP) is 0.0803. The van der Waals surface area contributed by atoms with Gasteiger partial charge < -0.3 is 22.9 Å². The molecular weight excluding hydrogens is 348 g/mol. The molecule has 27 heavy (non-hydrogen) atoms. The molecule has 0 amide bonds. The van der Waals surface area contributed by atoms with Crippen molar-refractivity contribution in [1.29, 1.82) is 0 Å². The fourth-order valence-corrected chi connectivity index (χ4v) is 3.58. The van der Waals surface area contributed by atoms with Crippen molar-refractivity contribution in [3.63, 3.8) is 0 Å². The lowest BCUT2D eigenvalue weighted by atomic mass is 9.68. The quantitative estimate of drug-likeness (QED) is 0.535. The van der Waals surface area contributed by atoms with Gasteiger partial charge in [-0.05, 0) is 31.1 Å². The summed E-state index contributed by atoms with van der Waals surface area (Å²) in [5.41, 5.74) is 22.6. The topological polar surface area (TPSA) is 198 Å². The van der Waals surface area contributed by atoms with E-state index in [-0.39, 0.29) is 29.2 Å². The van der Waals surface area contributed by atoms with E-state index in [2.05, 4.69) is 29.9 Å². The van der Waals surface area contributed by atoms with Crippen LogP contribution in [-0.4, -0.2) is 35.7 Å². The lowest BCUT2D eigenvalue weighted by Gasteiger charge is -2.37. The Bertz CT molecular complexity index is 732. The first-order valence-corrected chi connectivity index (χ1v) is 8.87. The van der Waals surface area contributed by atoms with Crippen molar-refractivity contribution in [3.05, 3.63) is 11.6 Å². The summed E-state index contributed by atoms with van der Waals surface area (Å²) in [5.74, 6) is 1.87. The number of nitrogens with zero attached hydrogens (tertiary/aromatic N) is 6. The fourth-order valence-electron chi connectivity index (χ4n) is 3.58. The van der Waals surface area contributed by atoms with Crippen LogP contribution in [0, 0.1) is 5.41 Å². The van der Waals surface area contributed by atoms with Crippen LogP contribution in [0.15, 0.2) is 0 Å². The minimum Gasteiger partial charge on any atom is -0.368 e. The molecule has 0 saturated heterocycles. The molecule has 0 unspecified atom stereocenters. The van der Waals surface area contributed by atoms with E-state index in [0.29, 0.717) is 43.1 Å². The Hall–Kier alpha value is -3.11. The molecule has 8 N–H and O–H groups in total. The molecule has 2 aromatic rings. The third-order valence-electron chi connectivity index (χ3n) is 5.06. The minimum absolute atomic E-state index is 0.0415. The number of nitrogen functional groups attached to an aromatic ring is 4. The summed E-state index contributed by atoms with van der Waals surface area (Å²) in [6.07, 6.45) is 5.57. The molecular formula is C16H24N10O. The Morgan fingerprint density at radius 2 is 1.04 bits per heavy atom. The number of carbonyl (C=O) groups excluding carboxylic acids is 1. The molecule has 2 aromatic heterocycles. The number of rotatable bonds is 6. The molecule has 0 radical (unpaired) electrons. The number of aryl methyl sites for hydroxylation is 2. The average molecular weight is 372 g/mol. The highest BCUT2D eigenvalue weighted by molar-refractivity contribution is 5.79. The third kappa shape index (κ3) is 4.96. The van der Waals surface area contributed by atoms with Crippen molar-refractivity contribution < 1.29 is 4.79 Å². The van der Waals surface area contributed by atoms with Gasteiger partial charge in [0.15, 0.2) is 0 Å². The van der Waals surface area contributed by atoms with Gasteiger partial charge in [0.1, 0.15) is 17.4 Å². The van der Waals surface area contributed by atoms with Crippen LogP contribution in [0.5, 0.6) is 0 Å². The maximum Gasteiger partial charge on any atom is 0.225 e. The van der Waals surface area contributed by atoms with E-state index >= 15 is 0 Å². The molecule has 0 atom stereocenters. The van der Waals surface area contributed by atoms with Crippen LogP contribution in [0.3, 0.4) is 0 Å². The Kier molecular flexibility index (Phi) is 5.28. The van der Waals surface area contributed by atoms with Gasteiger partial charge in [-0.15, -0.1) is 0 Å². The second kappa shape index (κ2) is 7.64. The molecule has 0 aliphatic heterocycles. The first-order valence-electron chi connectivity index (χ1n) is 8.87. The second-order valence-electron chi connectivity index (χ2n) is 6.97. The zero-order valence-electron chi connectivity index (χ0n) is 15.1. The third-order valence-corrected chi connectivity index (χ3v) is 5.06. The van der Waals surface area contributed by atoms with Crippen LogP contribution < -0.4 is 22.9 Å². The molecule has 0 bridgehead atoms. The van der Waals surface area contributed by atoms with Crippen molar-refractivity contribution in [2.45, 2.75) is 51.4 Å². The Morgan fingerprint density at radius 1 is 0.667 bits per heavy atom. The first-order chi connectivity index (χ1) is 12.8. The number of carbonyl (C=O) groups is 1. The average Bonchev–Trinajstić information content (AvgIpc) is 2.59. The maximum atomic E-state index is 11.7. The molecule has 0 aromatic carbocycles. The molecule has 11 heteroatoms. The van der Waals surface area contributed by atoms with E-state index in [1.165, 1.54) is 0 Å². The smallest absolute Gasteiger partial charge is 0.225 e. The Labute approximate surface area is 156 Å². The summed E-state index contributed by atoms with van der Waals surface area (Å²) >= 11 is 0. The summed E-state index contributed by atoms with van der Waals surface area (Å²) in [7, 11) is 0. The van der Waals surface area contributed by atoms with Crippen molar-refractivity contribution in [1.82, 2.24) is 29.9 Å². The van der Waals surface area contributed by atoms with E-state index in [1.54, 1.807) is 0 Å². The van der Waals surface area contributed by atoms with Crippen LogP contribution in [0.4, 0.5) is 23.8 Å². The Balaban J connectivity index is 1.72. The van der Waals surface area contributed by atoms with Gasteiger partial charge in [0.2, 0.25) is 23.8 Å². The number of hydrogen-bond donors (Lipinski definition) is 4. The van der Waals surface area contributed by atoms with E-state index in [0.717, 1.165) is 25.7 Å². The molecule has 2 heterocycles.